The van der Waals surface area contributed by atoms with Crippen LogP contribution in [0.15, 0.2) is 60.7 Å². The number of unbranched alkanes of at least 4 members (excludes halogenated alkanes) is 3. The SMILES string of the molecule is CCCCCCOC(=O)NC(c1ccccc1)c1ccccc1. The van der Waals surface area contributed by atoms with Crippen molar-refractivity contribution in [2.24, 2.45) is 0 Å². The second-order valence-electron chi connectivity index (χ2n) is 5.60. The summed E-state index contributed by atoms with van der Waals surface area (Å²) < 4.78 is 5.31. The molecule has 0 aliphatic rings. The third-order valence-corrected chi connectivity index (χ3v) is 3.76. The van der Waals surface area contributed by atoms with E-state index in [4.69, 9.17) is 4.74 Å². The molecule has 0 aliphatic carbocycles. The van der Waals surface area contributed by atoms with Crippen molar-refractivity contribution < 1.29 is 9.53 Å². The van der Waals surface area contributed by atoms with Crippen LogP contribution in [0.3, 0.4) is 0 Å². The molecule has 0 bridgehead atoms. The topological polar surface area (TPSA) is 38.3 Å². The van der Waals surface area contributed by atoms with Crippen molar-refractivity contribution in [1.82, 2.24) is 5.32 Å². The van der Waals surface area contributed by atoms with E-state index in [1.165, 1.54) is 12.8 Å². The molecule has 0 fully saturated rings. The van der Waals surface area contributed by atoms with Gasteiger partial charge in [0.2, 0.25) is 0 Å². The Morgan fingerprint density at radius 3 is 2.00 bits per heavy atom. The molecule has 3 nitrogen and oxygen atoms in total. The quantitative estimate of drug-likeness (QED) is 0.690. The first kappa shape index (κ1) is 17.1. The van der Waals surface area contributed by atoms with Crippen LogP contribution in [-0.4, -0.2) is 12.7 Å². The Balaban J connectivity index is 1.97. The Bertz CT molecular complexity index is 529. The highest BCUT2D eigenvalue weighted by molar-refractivity contribution is 5.68. The van der Waals surface area contributed by atoms with E-state index < -0.39 is 0 Å². The van der Waals surface area contributed by atoms with Gasteiger partial charge in [0, 0.05) is 0 Å². The van der Waals surface area contributed by atoms with Crippen molar-refractivity contribution in [1.29, 1.82) is 0 Å². The van der Waals surface area contributed by atoms with Crippen LogP contribution in [0.2, 0.25) is 0 Å². The largest absolute Gasteiger partial charge is 0.450 e. The highest BCUT2D eigenvalue weighted by Gasteiger charge is 2.17. The molecule has 0 spiro atoms. The van der Waals surface area contributed by atoms with Crippen molar-refractivity contribution in [3.8, 4) is 0 Å². The molecule has 0 aromatic heterocycles. The molecular weight excluding hydrogens is 286 g/mol. The first-order chi connectivity index (χ1) is 11.3. The van der Waals surface area contributed by atoms with Crippen LogP contribution in [0, 0.1) is 0 Å². The molecule has 0 saturated carbocycles. The summed E-state index contributed by atoms with van der Waals surface area (Å²) in [5, 5.41) is 2.98. The standard InChI is InChI=1S/C20H25NO2/c1-2-3-4-11-16-23-20(22)21-19(17-12-7-5-8-13-17)18-14-9-6-10-15-18/h5-10,12-15,19H,2-4,11,16H2,1H3,(H,21,22). The summed E-state index contributed by atoms with van der Waals surface area (Å²) >= 11 is 0. The van der Waals surface area contributed by atoms with Gasteiger partial charge in [-0.1, -0.05) is 86.8 Å². The van der Waals surface area contributed by atoms with Gasteiger partial charge < -0.3 is 10.1 Å². The molecular formula is C20H25NO2. The molecule has 0 atom stereocenters. The molecule has 3 heteroatoms. The van der Waals surface area contributed by atoms with Crippen LogP contribution < -0.4 is 5.32 Å². The van der Waals surface area contributed by atoms with Gasteiger partial charge in [-0.25, -0.2) is 4.79 Å². The van der Waals surface area contributed by atoms with E-state index in [9.17, 15) is 4.79 Å². The van der Waals surface area contributed by atoms with Crippen molar-refractivity contribution >= 4 is 6.09 Å². The predicted molar refractivity (Wildman–Crippen MR) is 93.4 cm³/mol. The van der Waals surface area contributed by atoms with Crippen LogP contribution in [0.1, 0.15) is 49.8 Å². The number of rotatable bonds is 8. The Kier molecular flexibility index (Phi) is 7.18. The summed E-state index contributed by atoms with van der Waals surface area (Å²) in [6.45, 7) is 2.64. The monoisotopic (exact) mass is 311 g/mol. The van der Waals surface area contributed by atoms with Crippen LogP contribution in [-0.2, 0) is 4.74 Å². The summed E-state index contributed by atoms with van der Waals surface area (Å²) in [4.78, 5) is 12.1. The lowest BCUT2D eigenvalue weighted by molar-refractivity contribution is 0.141. The molecule has 122 valence electrons. The number of ether oxygens (including phenoxy) is 1. The lowest BCUT2D eigenvalue weighted by Crippen LogP contribution is -2.30. The highest BCUT2D eigenvalue weighted by atomic mass is 16.5. The molecule has 1 N–H and O–H groups in total. The maximum absolute atomic E-state index is 12.1. The Morgan fingerprint density at radius 1 is 0.913 bits per heavy atom. The van der Waals surface area contributed by atoms with Gasteiger partial charge in [-0.3, -0.25) is 0 Å². The van der Waals surface area contributed by atoms with E-state index >= 15 is 0 Å². The zero-order valence-electron chi connectivity index (χ0n) is 13.7. The third kappa shape index (κ3) is 5.78. The average Bonchev–Trinajstić information content (AvgIpc) is 2.61. The van der Waals surface area contributed by atoms with Crippen LogP contribution >= 0.6 is 0 Å². The van der Waals surface area contributed by atoms with Crippen LogP contribution in [0.4, 0.5) is 4.79 Å². The van der Waals surface area contributed by atoms with Crippen molar-refractivity contribution in [3.05, 3.63) is 71.8 Å². The number of benzene rings is 2. The first-order valence-corrected chi connectivity index (χ1v) is 8.34. The van der Waals surface area contributed by atoms with Gasteiger partial charge in [-0.05, 0) is 17.5 Å². The van der Waals surface area contributed by atoms with Gasteiger partial charge in [-0.2, -0.15) is 0 Å². The van der Waals surface area contributed by atoms with E-state index in [-0.39, 0.29) is 12.1 Å². The first-order valence-electron chi connectivity index (χ1n) is 8.34. The van der Waals surface area contributed by atoms with E-state index in [2.05, 4.69) is 12.2 Å². The zero-order valence-corrected chi connectivity index (χ0v) is 13.7. The molecule has 2 rings (SSSR count). The molecule has 2 aromatic carbocycles. The summed E-state index contributed by atoms with van der Waals surface area (Å²) in [6.07, 6.45) is 4.02. The summed E-state index contributed by atoms with van der Waals surface area (Å²) in [5.41, 5.74) is 2.09. The van der Waals surface area contributed by atoms with Gasteiger partial charge >= 0.3 is 6.09 Å². The Labute approximate surface area is 138 Å². The van der Waals surface area contributed by atoms with E-state index in [1.54, 1.807) is 0 Å². The average molecular weight is 311 g/mol. The van der Waals surface area contributed by atoms with Gasteiger partial charge in [0.1, 0.15) is 0 Å². The van der Waals surface area contributed by atoms with Gasteiger partial charge in [0.25, 0.3) is 0 Å². The van der Waals surface area contributed by atoms with Crippen molar-refractivity contribution in [3.63, 3.8) is 0 Å². The van der Waals surface area contributed by atoms with E-state index in [0.29, 0.717) is 6.61 Å². The Morgan fingerprint density at radius 2 is 1.48 bits per heavy atom. The molecule has 2 aromatic rings. The minimum atomic E-state index is -0.362. The number of carbonyl (C=O) groups is 1. The fourth-order valence-electron chi connectivity index (χ4n) is 2.50. The predicted octanol–water partition coefficient (Wildman–Crippen LogP) is 5.08. The van der Waals surface area contributed by atoms with Crippen LogP contribution in [0.25, 0.3) is 0 Å². The van der Waals surface area contributed by atoms with Gasteiger partial charge in [0.15, 0.2) is 0 Å². The summed E-state index contributed by atoms with van der Waals surface area (Å²) in [6, 6.07) is 19.7. The second kappa shape index (κ2) is 9.67. The molecule has 23 heavy (non-hydrogen) atoms. The fraction of sp³-hybridized carbons (Fsp3) is 0.350. The number of carbonyl (C=O) groups excluding carboxylic acids is 1. The molecule has 0 aliphatic heterocycles. The smallest absolute Gasteiger partial charge is 0.407 e. The molecule has 1 amide bonds. The van der Waals surface area contributed by atoms with E-state index in [1.807, 2.05) is 60.7 Å². The molecule has 0 heterocycles. The zero-order chi connectivity index (χ0) is 16.3. The number of amides is 1. The minimum Gasteiger partial charge on any atom is -0.450 e. The molecule has 0 saturated heterocycles. The maximum atomic E-state index is 12.1. The number of alkyl carbamates (subject to hydrolysis) is 1. The highest BCUT2D eigenvalue weighted by Crippen LogP contribution is 2.21. The Hall–Kier alpha value is -2.29. The number of nitrogens with one attached hydrogen (secondary N) is 1. The van der Waals surface area contributed by atoms with E-state index in [0.717, 1.165) is 24.0 Å². The summed E-state index contributed by atoms with van der Waals surface area (Å²) in [7, 11) is 0. The van der Waals surface area contributed by atoms with Crippen molar-refractivity contribution in [2.45, 2.75) is 38.6 Å². The lowest BCUT2D eigenvalue weighted by atomic mass is 9.99. The fourth-order valence-corrected chi connectivity index (χ4v) is 2.50. The number of hydrogen-bond acceptors (Lipinski definition) is 2. The van der Waals surface area contributed by atoms with Crippen molar-refractivity contribution in [2.75, 3.05) is 6.61 Å². The van der Waals surface area contributed by atoms with Crippen LogP contribution in [0.5, 0.6) is 0 Å². The maximum Gasteiger partial charge on any atom is 0.407 e. The second-order valence-corrected chi connectivity index (χ2v) is 5.60. The number of hydrogen-bond donors (Lipinski definition) is 1. The van der Waals surface area contributed by atoms with Gasteiger partial charge in [-0.15, -0.1) is 0 Å². The lowest BCUT2D eigenvalue weighted by Gasteiger charge is -2.19. The summed E-state index contributed by atoms with van der Waals surface area (Å²) in [5.74, 6) is 0. The third-order valence-electron chi connectivity index (χ3n) is 3.76. The molecule has 0 unspecified atom stereocenters. The normalized spacial score (nSPS) is 10.5. The minimum absolute atomic E-state index is 0.194. The molecule has 0 radical (unpaired) electrons. The van der Waals surface area contributed by atoms with Gasteiger partial charge in [0.05, 0.1) is 12.6 Å².